The van der Waals surface area contributed by atoms with Gasteiger partial charge in [-0.25, -0.2) is 9.59 Å². The fourth-order valence-corrected chi connectivity index (χ4v) is 4.12. The summed E-state index contributed by atoms with van der Waals surface area (Å²) in [6.07, 6.45) is -0.155. The number of thiophene rings is 1. The highest BCUT2D eigenvalue weighted by molar-refractivity contribution is 7.15. The Balaban J connectivity index is 1.58. The van der Waals surface area contributed by atoms with E-state index in [9.17, 15) is 24.6 Å². The molecular formula is C21H14ClNO8S. The van der Waals surface area contributed by atoms with Crippen LogP contribution in [0.1, 0.15) is 11.8 Å². The van der Waals surface area contributed by atoms with E-state index in [0.717, 1.165) is 0 Å². The Hall–Kier alpha value is -3.76. The highest BCUT2D eigenvalue weighted by Crippen LogP contribution is 2.33. The molecule has 0 unspecified atom stereocenters. The summed E-state index contributed by atoms with van der Waals surface area (Å²) >= 11 is 7.32. The molecule has 0 saturated carbocycles. The van der Waals surface area contributed by atoms with E-state index in [1.807, 2.05) is 0 Å². The van der Waals surface area contributed by atoms with Gasteiger partial charge in [0, 0.05) is 40.3 Å². The molecule has 0 aliphatic heterocycles. The summed E-state index contributed by atoms with van der Waals surface area (Å²) in [5.74, 6) is -2.05. The fourth-order valence-electron chi connectivity index (χ4n) is 2.91. The molecule has 0 aliphatic rings. The molecule has 164 valence electrons. The first-order valence-corrected chi connectivity index (χ1v) is 10.3. The number of carbonyl (C=O) groups excluding carboxylic acids is 2. The van der Waals surface area contributed by atoms with E-state index < -0.39 is 29.3 Å². The number of aromatic hydroxyl groups is 2. The number of halogens is 1. The molecular weight excluding hydrogens is 462 g/mol. The van der Waals surface area contributed by atoms with Crippen molar-refractivity contribution in [2.24, 2.45) is 0 Å². The summed E-state index contributed by atoms with van der Waals surface area (Å²) < 4.78 is 11.0. The molecule has 0 fully saturated rings. The molecule has 0 aliphatic carbocycles. The first-order valence-electron chi connectivity index (χ1n) is 9.07. The first-order chi connectivity index (χ1) is 15.2. The molecule has 0 amide bonds. The van der Waals surface area contributed by atoms with Crippen LogP contribution in [0.5, 0.6) is 17.5 Å². The third-order valence-corrected chi connectivity index (χ3v) is 5.69. The second-order valence-electron chi connectivity index (χ2n) is 6.61. The Morgan fingerprint density at radius 2 is 1.84 bits per heavy atom. The Bertz CT molecular complexity index is 1400. The third kappa shape index (κ3) is 4.32. The number of fused-ring (bicyclic) bond motifs is 1. The van der Waals surface area contributed by atoms with Gasteiger partial charge in [-0.15, -0.1) is 16.1 Å². The maximum absolute atomic E-state index is 12.5. The Labute approximate surface area is 188 Å². The van der Waals surface area contributed by atoms with Crippen LogP contribution in [0.25, 0.3) is 21.4 Å². The highest BCUT2D eigenvalue weighted by atomic mass is 35.5. The quantitative estimate of drug-likeness (QED) is 0.255. The molecule has 0 bridgehead atoms. The van der Waals surface area contributed by atoms with Gasteiger partial charge >= 0.3 is 17.6 Å². The zero-order chi connectivity index (χ0) is 23.0. The predicted molar refractivity (Wildman–Crippen MR) is 115 cm³/mol. The van der Waals surface area contributed by atoms with Crippen molar-refractivity contribution in [2.45, 2.75) is 13.3 Å². The number of ether oxygens (including phenoxy) is 1. The molecule has 9 nitrogen and oxygen atoms in total. The van der Waals surface area contributed by atoms with Crippen LogP contribution in [0.15, 0.2) is 51.7 Å². The van der Waals surface area contributed by atoms with Crippen LogP contribution in [0, 0.1) is 0 Å². The van der Waals surface area contributed by atoms with E-state index in [0.29, 0.717) is 19.9 Å². The van der Waals surface area contributed by atoms with Crippen LogP contribution in [0.4, 0.5) is 0 Å². The molecule has 32 heavy (non-hydrogen) atoms. The maximum Gasteiger partial charge on any atom is 0.345 e. The largest absolute Gasteiger partial charge is 0.492 e. The van der Waals surface area contributed by atoms with Gasteiger partial charge in [-0.1, -0.05) is 11.6 Å². The number of hydrogen-bond donors (Lipinski definition) is 2. The van der Waals surface area contributed by atoms with Crippen molar-refractivity contribution in [3.8, 4) is 28.0 Å². The number of aromatic nitrogens is 1. The Morgan fingerprint density at radius 1 is 1.12 bits per heavy atom. The second kappa shape index (κ2) is 8.40. The zero-order valence-electron chi connectivity index (χ0n) is 16.3. The van der Waals surface area contributed by atoms with Crippen LogP contribution in [0.2, 0.25) is 5.02 Å². The minimum Gasteiger partial charge on any atom is -0.492 e. The van der Waals surface area contributed by atoms with Gasteiger partial charge in [0.1, 0.15) is 5.58 Å². The third-order valence-electron chi connectivity index (χ3n) is 4.28. The average molecular weight is 476 g/mol. The van der Waals surface area contributed by atoms with Crippen LogP contribution in [0.3, 0.4) is 0 Å². The maximum atomic E-state index is 12.5. The minimum absolute atomic E-state index is 0.0826. The van der Waals surface area contributed by atoms with E-state index in [1.54, 1.807) is 18.2 Å². The van der Waals surface area contributed by atoms with E-state index in [1.165, 1.54) is 42.5 Å². The SMILES string of the molecule is CC(=O)Oc1cc2oc(=O)c(-c3ccc(CC(=O)On4c(O)ccc4O)s3)cc2cc1Cl. The number of hydrogen-bond acceptors (Lipinski definition) is 9. The van der Waals surface area contributed by atoms with Crippen molar-refractivity contribution in [3.05, 3.63) is 62.8 Å². The van der Waals surface area contributed by atoms with Crippen LogP contribution < -0.4 is 15.2 Å². The summed E-state index contributed by atoms with van der Waals surface area (Å²) in [4.78, 5) is 41.9. The monoisotopic (exact) mass is 475 g/mol. The molecule has 11 heteroatoms. The Morgan fingerprint density at radius 3 is 2.53 bits per heavy atom. The van der Waals surface area contributed by atoms with E-state index in [-0.39, 0.29) is 28.3 Å². The fraction of sp³-hybridized carbons (Fsp3) is 0.0952. The molecule has 0 radical (unpaired) electrons. The molecule has 0 atom stereocenters. The molecule has 2 N–H and O–H groups in total. The molecule has 0 saturated heterocycles. The van der Waals surface area contributed by atoms with Crippen LogP contribution in [-0.4, -0.2) is 26.9 Å². The lowest BCUT2D eigenvalue weighted by Gasteiger charge is -2.06. The van der Waals surface area contributed by atoms with Crippen molar-refractivity contribution >= 4 is 45.8 Å². The van der Waals surface area contributed by atoms with Crippen molar-refractivity contribution in [3.63, 3.8) is 0 Å². The van der Waals surface area contributed by atoms with Crippen molar-refractivity contribution in [1.29, 1.82) is 0 Å². The van der Waals surface area contributed by atoms with Crippen molar-refractivity contribution < 1.29 is 33.8 Å². The van der Waals surface area contributed by atoms with Crippen molar-refractivity contribution in [2.75, 3.05) is 0 Å². The Kier molecular flexibility index (Phi) is 5.64. The van der Waals surface area contributed by atoms with Gasteiger partial charge in [-0.3, -0.25) is 4.79 Å². The van der Waals surface area contributed by atoms with Crippen LogP contribution in [-0.2, 0) is 16.0 Å². The lowest BCUT2D eigenvalue weighted by Crippen LogP contribution is -2.20. The summed E-state index contributed by atoms with van der Waals surface area (Å²) in [7, 11) is 0. The predicted octanol–water partition coefficient (Wildman–Crippen LogP) is 3.51. The lowest BCUT2D eigenvalue weighted by atomic mass is 10.1. The number of esters is 1. The molecule has 3 heterocycles. The summed E-state index contributed by atoms with van der Waals surface area (Å²) in [5, 5.41) is 19.8. The van der Waals surface area contributed by atoms with E-state index in [4.69, 9.17) is 25.6 Å². The van der Waals surface area contributed by atoms with Crippen LogP contribution >= 0.6 is 22.9 Å². The number of carbonyl (C=O) groups is 2. The molecule has 4 aromatic rings. The normalized spacial score (nSPS) is 10.9. The van der Waals surface area contributed by atoms with E-state index >= 15 is 0 Å². The van der Waals surface area contributed by atoms with Gasteiger partial charge < -0.3 is 24.2 Å². The average Bonchev–Trinajstić information content (AvgIpc) is 3.30. The highest BCUT2D eigenvalue weighted by Gasteiger charge is 2.17. The topological polar surface area (TPSA) is 128 Å². The second-order valence-corrected chi connectivity index (χ2v) is 8.19. The number of rotatable bonds is 5. The zero-order valence-corrected chi connectivity index (χ0v) is 17.9. The number of benzene rings is 1. The molecule has 4 rings (SSSR count). The van der Waals surface area contributed by atoms with E-state index in [2.05, 4.69) is 0 Å². The van der Waals surface area contributed by atoms with Crippen molar-refractivity contribution in [1.82, 2.24) is 4.73 Å². The standard InChI is InChI=1S/C21H14ClNO8S/c1-10(24)29-16-9-15-11(7-14(16)22)6-13(21(28)30-15)17-3-2-12(32-17)8-20(27)31-23-18(25)4-5-19(23)26/h2-7,9,25-26H,8H2,1H3. The lowest BCUT2D eigenvalue weighted by molar-refractivity contribution is -0.144. The molecule has 0 spiro atoms. The summed E-state index contributed by atoms with van der Waals surface area (Å²) in [5.41, 5.74) is -0.156. The van der Waals surface area contributed by atoms with Gasteiger partial charge in [0.05, 0.1) is 17.0 Å². The van der Waals surface area contributed by atoms with Gasteiger partial charge in [-0.05, 0) is 24.3 Å². The van der Waals surface area contributed by atoms with Gasteiger partial charge in [-0.2, -0.15) is 0 Å². The smallest absolute Gasteiger partial charge is 0.345 e. The molecule has 1 aromatic carbocycles. The first kappa shape index (κ1) is 21.5. The molecule has 3 aromatic heterocycles. The van der Waals surface area contributed by atoms with Gasteiger partial charge in [0.25, 0.3) is 0 Å². The number of nitrogens with zero attached hydrogens (tertiary/aromatic N) is 1. The van der Waals surface area contributed by atoms with Gasteiger partial charge in [0.2, 0.25) is 11.8 Å². The van der Waals surface area contributed by atoms with Gasteiger partial charge in [0.15, 0.2) is 5.75 Å². The summed E-state index contributed by atoms with van der Waals surface area (Å²) in [6.45, 7) is 1.23. The summed E-state index contributed by atoms with van der Waals surface area (Å²) in [6, 6.07) is 10.1. The minimum atomic E-state index is -0.726.